The number of carbonyl (C=O) groups excluding carboxylic acids is 1. The SMILES string of the molecule is CCC(CC)O[C@H]1[C@H](N=C=O)[C@@H](N)CC[C@H]1S. The second kappa shape index (κ2) is 7.17. The number of ether oxygens (including phenoxy) is 1. The molecule has 17 heavy (non-hydrogen) atoms. The Morgan fingerprint density at radius 1 is 1.47 bits per heavy atom. The molecular weight excluding hydrogens is 236 g/mol. The Bertz CT molecular complexity index is 278. The van der Waals surface area contributed by atoms with Gasteiger partial charge in [-0.05, 0) is 25.7 Å². The minimum Gasteiger partial charge on any atom is -0.372 e. The third-order valence-electron chi connectivity index (χ3n) is 3.41. The van der Waals surface area contributed by atoms with Crippen molar-refractivity contribution in [2.45, 2.75) is 69.1 Å². The molecule has 98 valence electrons. The van der Waals surface area contributed by atoms with Gasteiger partial charge in [0.15, 0.2) is 0 Å². The maximum Gasteiger partial charge on any atom is 0.235 e. The van der Waals surface area contributed by atoms with E-state index in [2.05, 4.69) is 31.5 Å². The first-order valence-corrected chi connectivity index (χ1v) is 6.81. The Morgan fingerprint density at radius 2 is 2.12 bits per heavy atom. The Labute approximate surface area is 108 Å². The molecule has 4 atom stereocenters. The number of nitrogens with two attached hydrogens (primary N) is 1. The average molecular weight is 258 g/mol. The van der Waals surface area contributed by atoms with Crippen LogP contribution >= 0.6 is 12.6 Å². The number of isocyanates is 1. The van der Waals surface area contributed by atoms with Gasteiger partial charge in [-0.15, -0.1) is 0 Å². The zero-order chi connectivity index (χ0) is 12.8. The molecule has 0 heterocycles. The molecular formula is C12H22N2O2S. The molecule has 1 fully saturated rings. The molecule has 0 aromatic heterocycles. The van der Waals surface area contributed by atoms with E-state index in [0.29, 0.717) is 0 Å². The molecule has 1 saturated carbocycles. The van der Waals surface area contributed by atoms with Crippen LogP contribution in [-0.2, 0) is 9.53 Å². The van der Waals surface area contributed by atoms with E-state index in [9.17, 15) is 4.79 Å². The van der Waals surface area contributed by atoms with Crippen molar-refractivity contribution in [2.75, 3.05) is 0 Å². The Balaban J connectivity index is 2.77. The summed E-state index contributed by atoms with van der Waals surface area (Å²) in [6.45, 7) is 4.17. The first-order chi connectivity index (χ1) is 8.13. The molecule has 0 aromatic rings. The van der Waals surface area contributed by atoms with Crippen molar-refractivity contribution in [1.29, 1.82) is 0 Å². The van der Waals surface area contributed by atoms with Gasteiger partial charge in [-0.2, -0.15) is 17.6 Å². The molecule has 0 aromatic carbocycles. The molecule has 0 radical (unpaired) electrons. The lowest BCUT2D eigenvalue weighted by Gasteiger charge is -2.38. The normalized spacial score (nSPS) is 33.5. The standard InChI is InChI=1S/C12H22N2O2S/c1-3-8(4-2)16-12-10(17)6-5-9(13)11(12)14-7-15/h8-12,17H,3-6,13H2,1-2H3/t9-,10+,11+,12+/m0/s1. The summed E-state index contributed by atoms with van der Waals surface area (Å²) in [7, 11) is 0. The predicted octanol–water partition coefficient (Wildman–Crippen LogP) is 1.68. The van der Waals surface area contributed by atoms with Crippen molar-refractivity contribution in [3.63, 3.8) is 0 Å². The van der Waals surface area contributed by atoms with Crippen LogP contribution in [0.25, 0.3) is 0 Å². The molecule has 1 rings (SSSR count). The van der Waals surface area contributed by atoms with Gasteiger partial charge < -0.3 is 10.5 Å². The first-order valence-electron chi connectivity index (χ1n) is 6.30. The Hall–Kier alpha value is -0.350. The molecule has 5 heteroatoms. The van der Waals surface area contributed by atoms with Crippen molar-refractivity contribution in [3.05, 3.63) is 0 Å². The maximum absolute atomic E-state index is 10.5. The van der Waals surface area contributed by atoms with E-state index in [-0.39, 0.29) is 29.5 Å². The quantitative estimate of drug-likeness (QED) is 0.448. The zero-order valence-corrected chi connectivity index (χ0v) is 11.4. The summed E-state index contributed by atoms with van der Waals surface area (Å²) in [5.41, 5.74) is 5.99. The van der Waals surface area contributed by atoms with Gasteiger partial charge >= 0.3 is 0 Å². The number of hydrogen-bond acceptors (Lipinski definition) is 5. The number of nitrogens with zero attached hydrogens (tertiary/aromatic N) is 1. The van der Waals surface area contributed by atoms with E-state index in [1.807, 2.05) is 0 Å². The van der Waals surface area contributed by atoms with Crippen LogP contribution in [-0.4, -0.2) is 35.6 Å². The van der Waals surface area contributed by atoms with Crippen LogP contribution in [0.4, 0.5) is 0 Å². The first kappa shape index (κ1) is 14.7. The summed E-state index contributed by atoms with van der Waals surface area (Å²) in [6.07, 6.45) is 5.24. The van der Waals surface area contributed by atoms with Crippen molar-refractivity contribution in [2.24, 2.45) is 10.7 Å². The van der Waals surface area contributed by atoms with Gasteiger partial charge in [0.05, 0.1) is 12.2 Å². The van der Waals surface area contributed by atoms with Crippen LogP contribution in [0.1, 0.15) is 39.5 Å². The van der Waals surface area contributed by atoms with E-state index in [0.717, 1.165) is 25.7 Å². The van der Waals surface area contributed by atoms with Crippen LogP contribution in [0.2, 0.25) is 0 Å². The monoisotopic (exact) mass is 258 g/mol. The lowest BCUT2D eigenvalue weighted by molar-refractivity contribution is -0.0416. The molecule has 0 spiro atoms. The summed E-state index contributed by atoms with van der Waals surface area (Å²) < 4.78 is 6.01. The van der Waals surface area contributed by atoms with E-state index < -0.39 is 0 Å². The predicted molar refractivity (Wildman–Crippen MR) is 71.1 cm³/mol. The van der Waals surface area contributed by atoms with Gasteiger partial charge in [-0.3, -0.25) is 0 Å². The van der Waals surface area contributed by atoms with Crippen LogP contribution in [0.15, 0.2) is 4.99 Å². The highest BCUT2D eigenvalue weighted by molar-refractivity contribution is 7.81. The molecule has 1 aliphatic rings. The maximum atomic E-state index is 10.5. The minimum atomic E-state index is -0.302. The van der Waals surface area contributed by atoms with Crippen LogP contribution in [0, 0.1) is 0 Å². The fraction of sp³-hybridized carbons (Fsp3) is 0.917. The molecule has 2 N–H and O–H groups in total. The number of hydrogen-bond donors (Lipinski definition) is 2. The lowest BCUT2D eigenvalue weighted by Crippen LogP contribution is -2.52. The average Bonchev–Trinajstić information content (AvgIpc) is 2.34. The van der Waals surface area contributed by atoms with Crippen molar-refractivity contribution in [3.8, 4) is 0 Å². The van der Waals surface area contributed by atoms with E-state index in [4.69, 9.17) is 10.5 Å². The molecule has 0 saturated heterocycles. The summed E-state index contributed by atoms with van der Waals surface area (Å²) in [4.78, 5) is 14.3. The third-order valence-corrected chi connectivity index (χ3v) is 3.96. The summed E-state index contributed by atoms with van der Waals surface area (Å²) in [6, 6.07) is -0.427. The molecule has 4 nitrogen and oxygen atoms in total. The fourth-order valence-corrected chi connectivity index (χ4v) is 2.67. The van der Waals surface area contributed by atoms with Crippen molar-refractivity contribution >= 4 is 18.7 Å². The van der Waals surface area contributed by atoms with Gasteiger partial charge in [-0.25, -0.2) is 4.79 Å². The van der Waals surface area contributed by atoms with Crippen LogP contribution in [0.5, 0.6) is 0 Å². The van der Waals surface area contributed by atoms with Gasteiger partial charge in [0, 0.05) is 11.3 Å². The highest BCUT2D eigenvalue weighted by Gasteiger charge is 2.38. The van der Waals surface area contributed by atoms with E-state index >= 15 is 0 Å². The molecule has 0 aliphatic heterocycles. The second-order valence-corrected chi connectivity index (χ2v) is 5.22. The number of rotatable bonds is 5. The molecule has 0 amide bonds. The minimum absolute atomic E-state index is 0.0949. The van der Waals surface area contributed by atoms with Crippen molar-refractivity contribution < 1.29 is 9.53 Å². The summed E-state index contributed by atoms with van der Waals surface area (Å²) in [5, 5.41) is 0.0949. The molecule has 1 aliphatic carbocycles. The smallest absolute Gasteiger partial charge is 0.235 e. The van der Waals surface area contributed by atoms with Gasteiger partial charge in [0.1, 0.15) is 6.04 Å². The van der Waals surface area contributed by atoms with Crippen LogP contribution in [0.3, 0.4) is 0 Å². The fourth-order valence-electron chi connectivity index (χ4n) is 2.27. The van der Waals surface area contributed by atoms with Crippen LogP contribution < -0.4 is 5.73 Å². The third kappa shape index (κ3) is 3.81. The Kier molecular flexibility index (Phi) is 6.20. The van der Waals surface area contributed by atoms with E-state index in [1.165, 1.54) is 0 Å². The van der Waals surface area contributed by atoms with Crippen molar-refractivity contribution in [1.82, 2.24) is 0 Å². The number of thiol groups is 1. The molecule has 0 bridgehead atoms. The zero-order valence-electron chi connectivity index (χ0n) is 10.5. The van der Waals surface area contributed by atoms with E-state index in [1.54, 1.807) is 6.08 Å². The van der Waals surface area contributed by atoms with Gasteiger partial charge in [-0.1, -0.05) is 13.8 Å². The summed E-state index contributed by atoms with van der Waals surface area (Å²) in [5.74, 6) is 0. The van der Waals surface area contributed by atoms with Gasteiger partial charge in [0.2, 0.25) is 6.08 Å². The largest absolute Gasteiger partial charge is 0.372 e. The number of aliphatic imine (C=N–C) groups is 1. The molecule has 0 unspecified atom stereocenters. The topological polar surface area (TPSA) is 64.7 Å². The summed E-state index contributed by atoms with van der Waals surface area (Å²) >= 11 is 4.53. The van der Waals surface area contributed by atoms with Gasteiger partial charge in [0.25, 0.3) is 0 Å². The second-order valence-electron chi connectivity index (χ2n) is 4.56. The Morgan fingerprint density at radius 3 is 2.65 bits per heavy atom. The highest BCUT2D eigenvalue weighted by Crippen LogP contribution is 2.29. The highest BCUT2D eigenvalue weighted by atomic mass is 32.1. The lowest BCUT2D eigenvalue weighted by atomic mass is 9.88.